The van der Waals surface area contributed by atoms with Crippen molar-refractivity contribution < 1.29 is 13.5 Å². The molecule has 1 heterocycles. The Morgan fingerprint density at radius 2 is 1.92 bits per heavy atom. The van der Waals surface area contributed by atoms with Crippen LogP contribution in [0.5, 0.6) is 5.88 Å². The van der Waals surface area contributed by atoms with Gasteiger partial charge in [-0.1, -0.05) is 24.4 Å². The van der Waals surface area contributed by atoms with Crippen LogP contribution in [0.1, 0.15) is 36.9 Å². The van der Waals surface area contributed by atoms with Gasteiger partial charge in [0, 0.05) is 24.7 Å². The number of halogens is 4. The molecule has 26 heavy (non-hydrogen) atoms. The Balaban J connectivity index is 0.00000243. The Hall–Kier alpha value is -1.37. The van der Waals surface area contributed by atoms with Gasteiger partial charge in [0.05, 0.1) is 10.7 Å². The van der Waals surface area contributed by atoms with Gasteiger partial charge in [0.25, 0.3) is 0 Å². The van der Waals surface area contributed by atoms with E-state index in [0.717, 1.165) is 24.4 Å². The first-order valence-corrected chi connectivity index (χ1v) is 8.92. The van der Waals surface area contributed by atoms with Crippen molar-refractivity contribution in [1.29, 1.82) is 0 Å². The van der Waals surface area contributed by atoms with E-state index in [-0.39, 0.29) is 24.0 Å². The fraction of sp³-hybridized carbons (Fsp3) is 0.500. The minimum Gasteiger partial charge on any atom is -0.473 e. The van der Waals surface area contributed by atoms with Crippen molar-refractivity contribution in [3.63, 3.8) is 0 Å². The molecule has 0 saturated heterocycles. The molecule has 1 N–H and O–H groups in total. The van der Waals surface area contributed by atoms with Crippen molar-refractivity contribution in [1.82, 2.24) is 15.1 Å². The molecule has 8 heteroatoms. The molecular weight excluding hydrogens is 383 g/mol. The second kappa shape index (κ2) is 9.53. The van der Waals surface area contributed by atoms with E-state index in [0.29, 0.717) is 23.9 Å². The largest absolute Gasteiger partial charge is 0.473 e. The number of hydrogen-bond acceptors (Lipinski definition) is 3. The van der Waals surface area contributed by atoms with E-state index in [9.17, 15) is 8.78 Å². The Kier molecular flexibility index (Phi) is 7.68. The van der Waals surface area contributed by atoms with Gasteiger partial charge < -0.3 is 10.1 Å². The van der Waals surface area contributed by atoms with Gasteiger partial charge in [-0.3, -0.25) is 0 Å². The number of nitrogens with zero attached hydrogens (tertiary/aromatic N) is 2. The molecule has 1 fully saturated rings. The molecule has 1 aliphatic rings. The van der Waals surface area contributed by atoms with E-state index >= 15 is 0 Å². The Bertz CT molecular complexity index is 733. The molecule has 0 unspecified atom stereocenters. The fourth-order valence-corrected chi connectivity index (χ4v) is 3.43. The normalized spacial score (nSPS) is 14.5. The highest BCUT2D eigenvalue weighted by Gasteiger charge is 2.19. The Morgan fingerprint density at radius 3 is 2.62 bits per heavy atom. The standard InChI is InChI=1S/C18H22ClF2N3O.ClH/c1-22-9-14-7-18(24(23-14)10-12-4-2-3-5-12)25-11-13-6-16(20)17(21)8-15(13)19;/h6-8,12,22H,2-5,9-11H2,1H3;1H. The minimum absolute atomic E-state index is 0. The summed E-state index contributed by atoms with van der Waals surface area (Å²) in [7, 11) is 1.86. The van der Waals surface area contributed by atoms with Gasteiger partial charge in [-0.05, 0) is 37.9 Å². The molecule has 0 bridgehead atoms. The van der Waals surface area contributed by atoms with E-state index in [4.69, 9.17) is 16.3 Å². The van der Waals surface area contributed by atoms with Crippen LogP contribution >= 0.6 is 24.0 Å². The maximum atomic E-state index is 13.4. The quantitative estimate of drug-likeness (QED) is 0.676. The molecular formula is C18H23Cl2F2N3O. The molecule has 144 valence electrons. The average Bonchev–Trinajstić information content (AvgIpc) is 3.21. The van der Waals surface area contributed by atoms with Gasteiger partial charge >= 0.3 is 0 Å². The van der Waals surface area contributed by atoms with E-state index in [1.54, 1.807) is 0 Å². The number of ether oxygens (including phenoxy) is 1. The van der Waals surface area contributed by atoms with Crippen LogP contribution < -0.4 is 10.1 Å². The molecule has 0 atom stereocenters. The summed E-state index contributed by atoms with van der Waals surface area (Å²) < 4.78 is 34.3. The van der Waals surface area contributed by atoms with Crippen molar-refractivity contribution in [3.8, 4) is 5.88 Å². The van der Waals surface area contributed by atoms with Crippen LogP contribution in [0.2, 0.25) is 5.02 Å². The maximum absolute atomic E-state index is 13.4. The lowest BCUT2D eigenvalue weighted by Crippen LogP contribution is -2.12. The monoisotopic (exact) mass is 405 g/mol. The summed E-state index contributed by atoms with van der Waals surface area (Å²) in [6.07, 6.45) is 4.93. The summed E-state index contributed by atoms with van der Waals surface area (Å²) in [5.41, 5.74) is 1.29. The topological polar surface area (TPSA) is 39.1 Å². The highest BCUT2D eigenvalue weighted by Crippen LogP contribution is 2.28. The predicted octanol–water partition coefficient (Wildman–Crippen LogP) is 4.73. The van der Waals surface area contributed by atoms with Crippen LogP contribution in [-0.4, -0.2) is 16.8 Å². The molecule has 0 spiro atoms. The molecule has 4 nitrogen and oxygen atoms in total. The molecule has 0 aliphatic heterocycles. The lowest BCUT2D eigenvalue weighted by atomic mass is 10.1. The zero-order valence-electron chi connectivity index (χ0n) is 14.6. The first kappa shape index (κ1) is 20.9. The molecule has 1 saturated carbocycles. The first-order valence-electron chi connectivity index (χ1n) is 8.54. The Morgan fingerprint density at radius 1 is 1.23 bits per heavy atom. The summed E-state index contributed by atoms with van der Waals surface area (Å²) in [6, 6.07) is 3.92. The van der Waals surface area contributed by atoms with Gasteiger partial charge in [-0.15, -0.1) is 12.4 Å². The van der Waals surface area contributed by atoms with Gasteiger partial charge in [0.1, 0.15) is 6.61 Å². The van der Waals surface area contributed by atoms with Gasteiger partial charge in [0.15, 0.2) is 11.6 Å². The van der Waals surface area contributed by atoms with Crippen LogP contribution in [0.4, 0.5) is 8.78 Å². The third kappa shape index (κ3) is 5.09. The summed E-state index contributed by atoms with van der Waals surface area (Å²) >= 11 is 5.98. The average molecular weight is 406 g/mol. The van der Waals surface area contributed by atoms with Crippen molar-refractivity contribution in [2.45, 2.75) is 45.4 Å². The molecule has 3 rings (SSSR count). The first-order chi connectivity index (χ1) is 12.1. The van der Waals surface area contributed by atoms with E-state index in [1.807, 2.05) is 17.8 Å². The lowest BCUT2D eigenvalue weighted by Gasteiger charge is -2.13. The van der Waals surface area contributed by atoms with Gasteiger partial charge in [-0.2, -0.15) is 5.10 Å². The molecule has 1 aliphatic carbocycles. The fourth-order valence-electron chi connectivity index (χ4n) is 3.23. The summed E-state index contributed by atoms with van der Waals surface area (Å²) in [4.78, 5) is 0. The second-order valence-electron chi connectivity index (χ2n) is 6.48. The third-order valence-electron chi connectivity index (χ3n) is 4.52. The van der Waals surface area contributed by atoms with Gasteiger partial charge in [-0.25, -0.2) is 13.5 Å². The van der Waals surface area contributed by atoms with Gasteiger partial charge in [0.2, 0.25) is 5.88 Å². The summed E-state index contributed by atoms with van der Waals surface area (Å²) in [5, 5.41) is 7.81. The second-order valence-corrected chi connectivity index (χ2v) is 6.89. The molecule has 2 aromatic rings. The predicted molar refractivity (Wildman–Crippen MR) is 99.9 cm³/mol. The van der Waals surface area contributed by atoms with E-state index in [2.05, 4.69) is 10.4 Å². The van der Waals surface area contributed by atoms with Crippen LogP contribution in [0.15, 0.2) is 18.2 Å². The number of nitrogens with one attached hydrogen (secondary N) is 1. The third-order valence-corrected chi connectivity index (χ3v) is 4.87. The molecule has 1 aromatic heterocycles. The van der Waals surface area contributed by atoms with Crippen molar-refractivity contribution >= 4 is 24.0 Å². The molecule has 0 radical (unpaired) electrons. The van der Waals surface area contributed by atoms with Crippen LogP contribution in [-0.2, 0) is 19.7 Å². The number of rotatable bonds is 7. The van der Waals surface area contributed by atoms with Crippen LogP contribution in [0.3, 0.4) is 0 Å². The smallest absolute Gasteiger partial charge is 0.212 e. The molecule has 1 aromatic carbocycles. The zero-order valence-corrected chi connectivity index (χ0v) is 16.2. The summed E-state index contributed by atoms with van der Waals surface area (Å²) in [6.45, 7) is 1.51. The Labute approximate surface area is 163 Å². The van der Waals surface area contributed by atoms with E-state index in [1.165, 1.54) is 25.7 Å². The van der Waals surface area contributed by atoms with Crippen molar-refractivity contribution in [3.05, 3.63) is 46.1 Å². The van der Waals surface area contributed by atoms with Crippen LogP contribution in [0, 0.1) is 17.6 Å². The highest BCUT2D eigenvalue weighted by atomic mass is 35.5. The number of aromatic nitrogens is 2. The zero-order chi connectivity index (χ0) is 17.8. The van der Waals surface area contributed by atoms with Crippen molar-refractivity contribution in [2.24, 2.45) is 5.92 Å². The number of hydrogen-bond donors (Lipinski definition) is 1. The lowest BCUT2D eigenvalue weighted by molar-refractivity contribution is 0.261. The van der Waals surface area contributed by atoms with Crippen LogP contribution in [0.25, 0.3) is 0 Å². The highest BCUT2D eigenvalue weighted by molar-refractivity contribution is 6.31. The van der Waals surface area contributed by atoms with Crippen molar-refractivity contribution in [2.75, 3.05) is 7.05 Å². The molecule has 0 amide bonds. The number of benzene rings is 1. The van der Waals surface area contributed by atoms with E-state index < -0.39 is 11.6 Å². The summed E-state index contributed by atoms with van der Waals surface area (Å²) in [5.74, 6) is -0.663. The maximum Gasteiger partial charge on any atom is 0.212 e. The SMILES string of the molecule is CNCc1cc(OCc2cc(F)c(F)cc2Cl)n(CC2CCCC2)n1.Cl. The minimum atomic E-state index is -0.962.